The minimum Gasteiger partial charge on any atom is -0.542 e. The second kappa shape index (κ2) is 9.87. The van der Waals surface area contributed by atoms with Crippen LogP contribution in [0.1, 0.15) is 19.3 Å². The Morgan fingerprint density at radius 1 is 1.57 bits per heavy atom. The molecule has 0 N–H and O–H groups in total. The Kier molecular flexibility index (Phi) is 15.0. The molecule has 0 aromatic heterocycles. The summed E-state index contributed by atoms with van der Waals surface area (Å²) >= 11 is 0. The fourth-order valence-corrected chi connectivity index (χ4v) is 0.197. The molecule has 7 heavy (non-hydrogen) atoms. The van der Waals surface area contributed by atoms with Gasteiger partial charge in [-0.3, -0.25) is 6.29 Å². The molecule has 0 saturated carbocycles. The van der Waals surface area contributed by atoms with E-state index in [1.54, 1.807) is 6.29 Å². The van der Waals surface area contributed by atoms with Crippen LogP contribution >= 0.6 is 0 Å². The number of carbonyl (C=O) groups excluding carboxylic acids is 1. The predicted octanol–water partition coefficient (Wildman–Crippen LogP) is 1.10. The molecule has 0 heterocycles. The normalized spacial score (nSPS) is 7.00. The van der Waals surface area contributed by atoms with Crippen LogP contribution in [0.2, 0.25) is 0 Å². The Bertz CT molecular complexity index is 37.1. The van der Waals surface area contributed by atoms with Crippen LogP contribution in [-0.4, -0.2) is 6.29 Å². The second-order valence-corrected chi connectivity index (χ2v) is 1.10. The largest absolute Gasteiger partial charge is 2.00 e. The summed E-state index contributed by atoms with van der Waals surface area (Å²) in [5.41, 5.74) is 0. The van der Waals surface area contributed by atoms with Crippen LogP contribution in [0, 0.1) is 38.0 Å². The number of unbranched alkanes of at least 4 members (excludes halogenated alkanes) is 2. The molecule has 0 saturated heterocycles. The van der Waals surface area contributed by atoms with Crippen LogP contribution in [0.5, 0.6) is 0 Å². The average Bonchev–Trinajstić information content (AvgIpc) is 1.61. The summed E-state index contributed by atoms with van der Waals surface area (Å²) in [6.45, 7) is 3.54. The van der Waals surface area contributed by atoms with Crippen molar-refractivity contribution in [1.29, 1.82) is 0 Å². The second-order valence-electron chi connectivity index (χ2n) is 1.10. The van der Waals surface area contributed by atoms with Gasteiger partial charge in [0.05, 0.1) is 0 Å². The molecule has 2 heteroatoms. The minimum absolute atomic E-state index is 0. The van der Waals surface area contributed by atoms with Crippen LogP contribution in [0.4, 0.5) is 0 Å². The van der Waals surface area contributed by atoms with Crippen molar-refractivity contribution in [3.63, 3.8) is 0 Å². The van der Waals surface area contributed by atoms with E-state index in [2.05, 4.69) is 6.92 Å². The van der Waals surface area contributed by atoms with Crippen molar-refractivity contribution >= 4 is 6.29 Å². The van der Waals surface area contributed by atoms with Gasteiger partial charge in [-0.2, -0.15) is 12.8 Å². The van der Waals surface area contributed by atoms with Crippen LogP contribution in [-0.2, 0) is 4.79 Å². The van der Waals surface area contributed by atoms with Gasteiger partial charge in [0.2, 0.25) is 0 Å². The standard InChI is InChI=1S/C5H8O.U/c1-2-3-4-5-6;/h1-4H2;/q-2;+2. The van der Waals surface area contributed by atoms with Gasteiger partial charge >= 0.3 is 31.1 Å². The van der Waals surface area contributed by atoms with Gasteiger partial charge < -0.3 is 11.7 Å². The van der Waals surface area contributed by atoms with E-state index < -0.39 is 0 Å². The first-order valence-electron chi connectivity index (χ1n) is 2.06. The molecule has 0 aliphatic heterocycles. The summed E-state index contributed by atoms with van der Waals surface area (Å²) in [6, 6.07) is 0. The molecule has 0 radical (unpaired) electrons. The summed E-state index contributed by atoms with van der Waals surface area (Å²) in [6.07, 6.45) is 4.04. The van der Waals surface area contributed by atoms with Gasteiger partial charge in [-0.25, -0.2) is 0 Å². The third kappa shape index (κ3) is 10.8. The van der Waals surface area contributed by atoms with Crippen LogP contribution in [0.3, 0.4) is 0 Å². The summed E-state index contributed by atoms with van der Waals surface area (Å²) < 4.78 is 0. The maximum atomic E-state index is 9.41. The minimum atomic E-state index is 0. The molecule has 0 aromatic rings. The number of hydrogen-bond donors (Lipinski definition) is 0. The fraction of sp³-hybridized carbons (Fsp3) is 0.600. The molecule has 0 amide bonds. The fourth-order valence-electron chi connectivity index (χ4n) is 0.197. The SMILES string of the molecule is [CH2-]CCC[C-]=O.[U+2]. The van der Waals surface area contributed by atoms with Crippen molar-refractivity contribution in [3.8, 4) is 0 Å². The maximum Gasteiger partial charge on any atom is 2.00 e. The Morgan fingerprint density at radius 3 is 2.29 bits per heavy atom. The van der Waals surface area contributed by atoms with E-state index in [9.17, 15) is 4.79 Å². The Morgan fingerprint density at radius 2 is 2.14 bits per heavy atom. The zero-order chi connectivity index (χ0) is 4.83. The van der Waals surface area contributed by atoms with Crippen molar-refractivity contribution in [1.82, 2.24) is 0 Å². The summed E-state index contributed by atoms with van der Waals surface area (Å²) in [5, 5.41) is 0. The molecule has 0 aliphatic carbocycles. The first-order chi connectivity index (χ1) is 2.91. The van der Waals surface area contributed by atoms with Gasteiger partial charge in [0.1, 0.15) is 0 Å². The molecule has 0 aromatic carbocycles. The Hall–Kier alpha value is 0.722. The zero-order valence-corrected chi connectivity index (χ0v) is 8.40. The molecule has 0 aliphatic rings. The summed E-state index contributed by atoms with van der Waals surface area (Å²) in [5.74, 6) is 0. The van der Waals surface area contributed by atoms with Crippen LogP contribution in [0.15, 0.2) is 0 Å². The molecular weight excluding hydrogens is 314 g/mol. The van der Waals surface area contributed by atoms with E-state index in [1.807, 2.05) is 0 Å². The molecule has 38 valence electrons. The molecule has 0 spiro atoms. The molecule has 0 fully saturated rings. The van der Waals surface area contributed by atoms with Crippen LogP contribution in [0.25, 0.3) is 0 Å². The van der Waals surface area contributed by atoms with E-state index in [0.29, 0.717) is 6.42 Å². The van der Waals surface area contributed by atoms with Crippen molar-refractivity contribution in [2.75, 3.05) is 0 Å². The predicted molar refractivity (Wildman–Crippen MR) is 24.9 cm³/mol. The first kappa shape index (κ1) is 10.7. The zero-order valence-electron chi connectivity index (χ0n) is 4.24. The van der Waals surface area contributed by atoms with Gasteiger partial charge in [-0.05, 0) is 0 Å². The van der Waals surface area contributed by atoms with Crippen molar-refractivity contribution in [3.05, 3.63) is 6.92 Å². The van der Waals surface area contributed by atoms with Crippen LogP contribution < -0.4 is 0 Å². The molecular formula is C5H8OU. The first-order valence-corrected chi connectivity index (χ1v) is 2.06. The quantitative estimate of drug-likeness (QED) is 0.562. The van der Waals surface area contributed by atoms with Crippen molar-refractivity contribution in [2.24, 2.45) is 0 Å². The van der Waals surface area contributed by atoms with Gasteiger partial charge in [-0.1, -0.05) is 0 Å². The molecule has 0 bridgehead atoms. The van der Waals surface area contributed by atoms with E-state index in [0.717, 1.165) is 12.8 Å². The summed E-state index contributed by atoms with van der Waals surface area (Å²) in [4.78, 5) is 9.41. The average molecular weight is 322 g/mol. The van der Waals surface area contributed by atoms with Gasteiger partial charge in [0.25, 0.3) is 0 Å². The summed E-state index contributed by atoms with van der Waals surface area (Å²) in [7, 11) is 0. The number of hydrogen-bond acceptors (Lipinski definition) is 1. The van der Waals surface area contributed by atoms with E-state index in [4.69, 9.17) is 0 Å². The molecule has 0 atom stereocenters. The molecule has 0 unspecified atom stereocenters. The number of rotatable bonds is 3. The van der Waals surface area contributed by atoms with Gasteiger partial charge in [0, 0.05) is 0 Å². The topological polar surface area (TPSA) is 17.1 Å². The van der Waals surface area contributed by atoms with Crippen molar-refractivity contribution < 1.29 is 35.9 Å². The van der Waals surface area contributed by atoms with Crippen molar-refractivity contribution in [2.45, 2.75) is 19.3 Å². The Labute approximate surface area is 68.2 Å². The van der Waals surface area contributed by atoms with Gasteiger partial charge in [0.15, 0.2) is 0 Å². The van der Waals surface area contributed by atoms with E-state index >= 15 is 0 Å². The third-order valence-corrected chi connectivity index (χ3v) is 0.529. The molecule has 1 nitrogen and oxygen atoms in total. The smallest absolute Gasteiger partial charge is 0.542 e. The Balaban J connectivity index is 0. The van der Waals surface area contributed by atoms with Gasteiger partial charge in [-0.15, -0.1) is 6.42 Å². The molecule has 0 rings (SSSR count). The third-order valence-electron chi connectivity index (χ3n) is 0.529. The van der Waals surface area contributed by atoms with E-state index in [1.165, 1.54) is 0 Å². The maximum absolute atomic E-state index is 9.41. The van der Waals surface area contributed by atoms with E-state index in [-0.39, 0.29) is 31.1 Å². The monoisotopic (exact) mass is 322 g/mol.